The first-order valence-electron chi connectivity index (χ1n) is 15.2. The average Bonchev–Trinajstić information content (AvgIpc) is 3.37. The normalized spacial score (nSPS) is 14.6. The Hall–Kier alpha value is -3.35. The number of aromatic amines is 1. The minimum absolute atomic E-state index is 0.115. The molecule has 0 atom stereocenters. The molecule has 1 saturated heterocycles. The Bertz CT molecular complexity index is 1750. The second-order valence-corrected chi connectivity index (χ2v) is 13.4. The second kappa shape index (κ2) is 16.5. The number of fused-ring (bicyclic) bond motifs is 1. The van der Waals surface area contributed by atoms with Gasteiger partial charge in [0.1, 0.15) is 23.7 Å². The van der Waals surface area contributed by atoms with E-state index in [1.807, 2.05) is 24.6 Å². The van der Waals surface area contributed by atoms with Crippen LogP contribution in [0.2, 0.25) is 0 Å². The summed E-state index contributed by atoms with van der Waals surface area (Å²) >= 11 is 0. The van der Waals surface area contributed by atoms with Crippen LogP contribution in [0.1, 0.15) is 52.5 Å². The predicted octanol–water partition coefficient (Wildman–Crippen LogP) is 2.76. The molecule has 0 spiro atoms. The summed E-state index contributed by atoms with van der Waals surface area (Å²) in [7, 11) is -8.49. The van der Waals surface area contributed by atoms with Crippen molar-refractivity contribution in [2.75, 3.05) is 45.9 Å². The maximum Gasteiger partial charge on any atom is 0.394 e. The lowest BCUT2D eigenvalue weighted by Gasteiger charge is -2.33. The average molecular weight is 686 g/mol. The summed E-state index contributed by atoms with van der Waals surface area (Å²) in [6.07, 6.45) is 4.76. The molecule has 3 heterocycles. The third-order valence-corrected chi connectivity index (χ3v) is 9.15. The summed E-state index contributed by atoms with van der Waals surface area (Å²) in [5.41, 5.74) is 2.29. The van der Waals surface area contributed by atoms with Gasteiger partial charge in [-0.05, 0) is 43.5 Å². The number of aryl methyl sites for hydroxylation is 2. The number of nitrogens with one attached hydrogen (secondary N) is 1. The monoisotopic (exact) mass is 685 g/mol. The van der Waals surface area contributed by atoms with Crippen molar-refractivity contribution >= 4 is 37.4 Å². The number of hydrogen-bond donors (Lipinski definition) is 3. The van der Waals surface area contributed by atoms with Crippen molar-refractivity contribution in [3.05, 3.63) is 40.3 Å². The number of ether oxygens (including phenoxy) is 2. The van der Waals surface area contributed by atoms with Crippen molar-refractivity contribution < 1.29 is 40.2 Å². The third kappa shape index (κ3) is 9.83. The van der Waals surface area contributed by atoms with Crippen LogP contribution in [0, 0.1) is 0 Å². The quantitative estimate of drug-likeness (QED) is 0.176. The van der Waals surface area contributed by atoms with Gasteiger partial charge < -0.3 is 19.0 Å². The van der Waals surface area contributed by atoms with Crippen molar-refractivity contribution in [1.82, 2.24) is 23.7 Å². The van der Waals surface area contributed by atoms with Gasteiger partial charge in [0.25, 0.3) is 5.56 Å². The topological polar surface area (TPSA) is 201 Å². The van der Waals surface area contributed by atoms with E-state index >= 15 is 0 Å². The Labute approximate surface area is 269 Å². The van der Waals surface area contributed by atoms with Crippen LogP contribution in [0.25, 0.3) is 22.4 Å². The van der Waals surface area contributed by atoms with Crippen LogP contribution < -0.4 is 10.3 Å². The van der Waals surface area contributed by atoms with Gasteiger partial charge in [0.05, 0.1) is 22.6 Å². The molecule has 15 nitrogen and oxygen atoms in total. The smallest absolute Gasteiger partial charge is 0.394 e. The molecule has 0 aliphatic carbocycles. The fraction of sp³-hybridized carbons (Fsp3) is 0.552. The molecule has 17 heteroatoms. The lowest BCUT2D eigenvalue weighted by Crippen LogP contribution is -2.49. The van der Waals surface area contributed by atoms with E-state index in [-0.39, 0.29) is 22.2 Å². The maximum atomic E-state index is 13.7. The number of rotatable bonds is 13. The van der Waals surface area contributed by atoms with Crippen LogP contribution in [-0.2, 0) is 42.9 Å². The summed E-state index contributed by atoms with van der Waals surface area (Å²) < 4.78 is 73.5. The molecule has 0 bridgehead atoms. The van der Waals surface area contributed by atoms with Crippen LogP contribution in [0.4, 0.5) is 0 Å². The molecule has 0 radical (unpaired) electrons. The Balaban J connectivity index is 0.00000107. The molecular formula is C29H43N5O10S2. The van der Waals surface area contributed by atoms with E-state index < -0.39 is 20.4 Å². The number of nitrogens with zero attached hydrogens (tertiary/aromatic N) is 4. The third-order valence-electron chi connectivity index (χ3n) is 7.25. The van der Waals surface area contributed by atoms with Crippen molar-refractivity contribution in [2.45, 2.75) is 64.8 Å². The molecule has 1 aromatic carbocycles. The number of H-pyrrole nitrogens is 1. The highest BCUT2D eigenvalue weighted by Gasteiger charge is 2.30. The zero-order valence-electron chi connectivity index (χ0n) is 26.6. The number of carbonyl (C=O) groups is 1. The number of benzene rings is 1. The fourth-order valence-electron chi connectivity index (χ4n) is 5.03. The fourth-order valence-corrected chi connectivity index (χ4v) is 6.48. The Kier molecular flexibility index (Phi) is 13.3. The van der Waals surface area contributed by atoms with Gasteiger partial charge in [0.15, 0.2) is 0 Å². The first-order valence-corrected chi connectivity index (χ1v) is 18.0. The van der Waals surface area contributed by atoms with E-state index in [4.69, 9.17) is 32.0 Å². The van der Waals surface area contributed by atoms with Crippen LogP contribution in [0.3, 0.4) is 0 Å². The van der Waals surface area contributed by atoms with Gasteiger partial charge in [-0.25, -0.2) is 13.4 Å². The van der Waals surface area contributed by atoms with Gasteiger partial charge >= 0.3 is 16.4 Å². The highest BCUT2D eigenvalue weighted by molar-refractivity contribution is 7.89. The minimum atomic E-state index is -4.67. The number of carbonyl (C=O) groups excluding carboxylic acids is 1. The summed E-state index contributed by atoms with van der Waals surface area (Å²) in [6.45, 7) is 11.4. The van der Waals surface area contributed by atoms with Crippen molar-refractivity contribution in [2.24, 2.45) is 0 Å². The summed E-state index contributed by atoms with van der Waals surface area (Å²) in [6, 6.07) is 4.75. The van der Waals surface area contributed by atoms with Gasteiger partial charge in [-0.1, -0.05) is 27.2 Å². The summed E-state index contributed by atoms with van der Waals surface area (Å²) in [5, 5.41) is 0. The van der Waals surface area contributed by atoms with Crippen LogP contribution in [0.15, 0.2) is 34.1 Å². The lowest BCUT2D eigenvalue weighted by molar-refractivity contribution is -0.143. The zero-order valence-corrected chi connectivity index (χ0v) is 28.2. The Morgan fingerprint density at radius 2 is 1.67 bits per heavy atom. The molecule has 46 heavy (non-hydrogen) atoms. The molecule has 1 fully saturated rings. The standard InChI is InChI=1S/C29H41N5O6S.H2O4S/c1-5-9-21-20-33(8-4)27-26(21)30-28(31-29(27)36)23-19-22(10-11-24(23)39-17-6-2)41(37,38)34-14-12-32(13-15-34)16-18-40-25(35)7-3;1-5(2,3)4/h10-11,19-20H,5-9,12-18H2,1-4H3,(H,30,31,36);(H2,1,2,3,4). The number of piperazine rings is 1. The molecule has 0 saturated carbocycles. The molecule has 2 aromatic heterocycles. The van der Waals surface area contributed by atoms with E-state index in [2.05, 4.69) is 16.8 Å². The van der Waals surface area contributed by atoms with E-state index in [0.717, 1.165) is 24.8 Å². The highest BCUT2D eigenvalue weighted by atomic mass is 32.3. The molecule has 3 aromatic rings. The highest BCUT2D eigenvalue weighted by Crippen LogP contribution is 2.33. The largest absolute Gasteiger partial charge is 0.493 e. The number of sulfonamides is 1. The van der Waals surface area contributed by atoms with Gasteiger partial charge in [-0.3, -0.25) is 23.6 Å². The predicted molar refractivity (Wildman–Crippen MR) is 172 cm³/mol. The second-order valence-electron chi connectivity index (χ2n) is 10.6. The summed E-state index contributed by atoms with van der Waals surface area (Å²) in [4.78, 5) is 34.6. The first kappa shape index (κ1) is 37.1. The molecule has 1 aliphatic rings. The van der Waals surface area contributed by atoms with E-state index in [9.17, 15) is 18.0 Å². The van der Waals surface area contributed by atoms with Crippen molar-refractivity contribution in [3.8, 4) is 17.1 Å². The van der Waals surface area contributed by atoms with E-state index in [1.54, 1.807) is 25.1 Å². The van der Waals surface area contributed by atoms with Gasteiger partial charge in [-0.2, -0.15) is 12.7 Å². The SMILES string of the molecule is CCCOc1ccc(S(=O)(=O)N2CCN(CCOC(=O)CC)CC2)cc1-c1nc2c(CCC)cn(CC)c2c(=O)[nH]1.O=S(=O)(O)O. The zero-order chi connectivity index (χ0) is 34.1. The van der Waals surface area contributed by atoms with Crippen molar-refractivity contribution in [1.29, 1.82) is 0 Å². The first-order chi connectivity index (χ1) is 21.7. The number of aromatic nitrogens is 3. The molecule has 4 rings (SSSR count). The molecule has 1 aliphatic heterocycles. The van der Waals surface area contributed by atoms with E-state index in [1.165, 1.54) is 4.31 Å². The van der Waals surface area contributed by atoms with Gasteiger partial charge in [-0.15, -0.1) is 0 Å². The van der Waals surface area contributed by atoms with Crippen LogP contribution in [0.5, 0.6) is 5.75 Å². The molecule has 0 unspecified atom stereocenters. The molecule has 0 amide bonds. The Morgan fingerprint density at radius 3 is 2.26 bits per heavy atom. The van der Waals surface area contributed by atoms with Crippen LogP contribution >= 0.6 is 0 Å². The summed E-state index contributed by atoms with van der Waals surface area (Å²) in [5.74, 6) is 0.503. The van der Waals surface area contributed by atoms with Crippen LogP contribution in [-0.4, -0.2) is 102 Å². The number of hydrogen-bond acceptors (Lipinski definition) is 10. The van der Waals surface area contributed by atoms with Gasteiger partial charge in [0, 0.05) is 51.9 Å². The molecular weight excluding hydrogens is 642 g/mol. The number of esters is 1. The lowest BCUT2D eigenvalue weighted by atomic mass is 10.1. The van der Waals surface area contributed by atoms with Crippen molar-refractivity contribution in [3.63, 3.8) is 0 Å². The van der Waals surface area contributed by atoms with Gasteiger partial charge in [0.2, 0.25) is 10.0 Å². The molecule has 256 valence electrons. The Morgan fingerprint density at radius 1 is 1.00 bits per heavy atom. The van der Waals surface area contributed by atoms with E-state index in [0.29, 0.717) is 81.2 Å². The maximum absolute atomic E-state index is 13.7. The molecule has 3 N–H and O–H groups in total. The minimum Gasteiger partial charge on any atom is -0.493 e.